The number of rotatable bonds is 2. The second-order valence-corrected chi connectivity index (χ2v) is 8.20. The molecule has 0 saturated heterocycles. The van der Waals surface area contributed by atoms with Gasteiger partial charge in [-0.05, 0) is 48.9 Å². The van der Waals surface area contributed by atoms with E-state index >= 15 is 0 Å². The first kappa shape index (κ1) is 16.7. The first-order valence-corrected chi connectivity index (χ1v) is 10.1. The Hall–Kier alpha value is -2.46. The molecule has 27 heavy (non-hydrogen) atoms. The van der Waals surface area contributed by atoms with Gasteiger partial charge in [-0.1, -0.05) is 43.9 Å². The van der Waals surface area contributed by atoms with Crippen molar-refractivity contribution in [3.05, 3.63) is 47.5 Å². The van der Waals surface area contributed by atoms with Crippen molar-refractivity contribution in [2.24, 2.45) is 4.99 Å². The first-order valence-electron chi connectivity index (χ1n) is 10.1. The topological polar surface area (TPSA) is 41.0 Å². The van der Waals surface area contributed by atoms with Gasteiger partial charge in [0.2, 0.25) is 0 Å². The molecule has 1 atom stereocenters. The van der Waals surface area contributed by atoms with Gasteiger partial charge in [0, 0.05) is 6.07 Å². The zero-order valence-electron chi connectivity index (χ0n) is 16.1. The van der Waals surface area contributed by atoms with E-state index in [4.69, 9.17) is 4.98 Å². The van der Waals surface area contributed by atoms with E-state index in [-0.39, 0.29) is 0 Å². The van der Waals surface area contributed by atoms with E-state index in [9.17, 15) is 0 Å². The molecule has 137 valence electrons. The Morgan fingerprint density at radius 2 is 1.89 bits per heavy atom. The van der Waals surface area contributed by atoms with Crippen LogP contribution in [-0.4, -0.2) is 23.4 Å². The first-order chi connectivity index (χ1) is 13.1. The Morgan fingerprint density at radius 1 is 1.07 bits per heavy atom. The third-order valence-corrected chi connectivity index (χ3v) is 6.23. The van der Waals surface area contributed by atoms with E-state index in [1.807, 2.05) is 0 Å². The molecule has 0 spiro atoms. The van der Waals surface area contributed by atoms with Gasteiger partial charge in [-0.15, -0.1) is 0 Å². The third kappa shape index (κ3) is 2.71. The van der Waals surface area contributed by atoms with Crippen LogP contribution >= 0.6 is 0 Å². The number of aliphatic imine (C=N–C) groups is 1. The Kier molecular flexibility index (Phi) is 3.90. The summed E-state index contributed by atoms with van der Waals surface area (Å²) >= 11 is 0. The summed E-state index contributed by atoms with van der Waals surface area (Å²) in [6.45, 7) is 2.10. The minimum absolute atomic E-state index is 0.369. The fraction of sp³-hybridized carbons (Fsp3) is 0.391. The molecule has 2 heterocycles. The average molecular weight is 358 g/mol. The minimum atomic E-state index is 0.369. The predicted molar refractivity (Wildman–Crippen MR) is 112 cm³/mol. The molecule has 1 N–H and O–H groups in total. The molecule has 1 saturated carbocycles. The summed E-state index contributed by atoms with van der Waals surface area (Å²) in [4.78, 5) is 13.2. The minimum Gasteiger partial charge on any atom is -0.291 e. The number of hydrogen-bond donors (Lipinski definition) is 1. The molecule has 1 fully saturated rings. The summed E-state index contributed by atoms with van der Waals surface area (Å²) in [5, 5.41) is 0. The summed E-state index contributed by atoms with van der Waals surface area (Å²) in [5.41, 5.74) is 6.98. The summed E-state index contributed by atoms with van der Waals surface area (Å²) < 4.78 is 0.369. The highest BCUT2D eigenvalue weighted by molar-refractivity contribution is 5.94. The smallest absolute Gasteiger partial charge is 0.291 e. The Bertz CT molecular complexity index is 1020. The van der Waals surface area contributed by atoms with E-state index in [0.29, 0.717) is 10.4 Å². The van der Waals surface area contributed by atoms with Crippen molar-refractivity contribution >= 4 is 34.7 Å². The molecule has 1 aliphatic heterocycles. The second-order valence-electron chi connectivity index (χ2n) is 8.20. The second kappa shape index (κ2) is 6.31. The molecule has 5 rings (SSSR count). The number of quaternary nitrogens is 1. The Labute approximate surface area is 160 Å². The zero-order chi connectivity index (χ0) is 18.4. The maximum absolute atomic E-state index is 5.09. The summed E-state index contributed by atoms with van der Waals surface area (Å²) in [6.07, 6.45) is 11.2. The molecule has 0 amide bonds. The number of benzene rings is 2. The van der Waals surface area contributed by atoms with Crippen LogP contribution < -0.4 is 4.48 Å². The lowest BCUT2D eigenvalue weighted by molar-refractivity contribution is 0.595. The fourth-order valence-corrected chi connectivity index (χ4v) is 4.64. The normalized spacial score (nSPS) is 22.9. The number of hydrogen-bond acceptors (Lipinski definition) is 2. The molecule has 0 bridgehead atoms. The van der Waals surface area contributed by atoms with Crippen LogP contribution in [-0.2, 0) is 0 Å². The van der Waals surface area contributed by atoms with Crippen molar-refractivity contribution in [2.75, 3.05) is 7.05 Å². The highest BCUT2D eigenvalue weighted by Gasteiger charge is 2.39. The standard InChI is InChI=1S/C23H26N4/c1-16-12-13-21-20(14-16)24-15-27(21,2)23-25-19-11-7-10-18(22(19)26-23)17-8-5-3-4-6-9-17/h7,10-14,17H,3-6,8-9H2,1-2H3,(H,25,26)/q+1. The molecular weight excluding hydrogens is 332 g/mol. The van der Waals surface area contributed by atoms with Crippen LogP contribution in [0.25, 0.3) is 11.0 Å². The lowest BCUT2D eigenvalue weighted by atomic mass is 9.91. The molecule has 2 aromatic carbocycles. The van der Waals surface area contributed by atoms with Crippen molar-refractivity contribution < 1.29 is 0 Å². The average Bonchev–Trinajstić information content (AvgIpc) is 3.14. The van der Waals surface area contributed by atoms with Crippen molar-refractivity contribution in [3.8, 4) is 0 Å². The predicted octanol–water partition coefficient (Wildman–Crippen LogP) is 6.13. The van der Waals surface area contributed by atoms with E-state index in [0.717, 1.165) is 28.4 Å². The summed E-state index contributed by atoms with van der Waals surface area (Å²) in [5.74, 6) is 1.52. The van der Waals surface area contributed by atoms with E-state index < -0.39 is 0 Å². The molecule has 1 aromatic heterocycles. The van der Waals surface area contributed by atoms with E-state index in [1.165, 1.54) is 49.7 Å². The molecule has 4 nitrogen and oxygen atoms in total. The lowest BCUT2D eigenvalue weighted by Gasteiger charge is -2.20. The van der Waals surface area contributed by atoms with Crippen molar-refractivity contribution in [2.45, 2.75) is 51.4 Å². The van der Waals surface area contributed by atoms with Crippen LogP contribution in [0.2, 0.25) is 0 Å². The van der Waals surface area contributed by atoms with Crippen molar-refractivity contribution in [1.29, 1.82) is 0 Å². The van der Waals surface area contributed by atoms with Gasteiger partial charge in [-0.2, -0.15) is 14.5 Å². The monoisotopic (exact) mass is 358 g/mol. The van der Waals surface area contributed by atoms with Gasteiger partial charge >= 0.3 is 12.3 Å². The Morgan fingerprint density at radius 3 is 2.70 bits per heavy atom. The SMILES string of the molecule is Cc1ccc2c(c1)N=[C][N+]2(C)c1nc2c(C3CCCCCC3)cccc2[nH]1. The number of H-pyrrole nitrogens is 1. The van der Waals surface area contributed by atoms with E-state index in [2.05, 4.69) is 66.7 Å². The number of aromatic amines is 1. The lowest BCUT2D eigenvalue weighted by Crippen LogP contribution is -2.36. The van der Waals surface area contributed by atoms with Crippen molar-refractivity contribution in [3.63, 3.8) is 0 Å². The quantitative estimate of drug-likeness (QED) is 0.434. The highest BCUT2D eigenvalue weighted by Crippen LogP contribution is 2.43. The zero-order valence-corrected chi connectivity index (χ0v) is 16.1. The molecule has 2 aliphatic rings. The molecule has 1 aliphatic carbocycles. The van der Waals surface area contributed by atoms with Crippen molar-refractivity contribution in [1.82, 2.24) is 14.5 Å². The molecule has 1 radical (unpaired) electrons. The number of nitrogens with zero attached hydrogens (tertiary/aromatic N) is 3. The van der Waals surface area contributed by atoms with Crippen LogP contribution in [0.15, 0.2) is 41.4 Å². The van der Waals surface area contributed by atoms with E-state index in [1.54, 1.807) is 0 Å². The van der Waals surface area contributed by atoms with Gasteiger partial charge in [0.1, 0.15) is 5.69 Å². The number of fused-ring (bicyclic) bond motifs is 2. The molecule has 1 unspecified atom stereocenters. The largest absolute Gasteiger partial charge is 0.325 e. The van der Waals surface area contributed by atoms with Gasteiger partial charge in [0.25, 0.3) is 0 Å². The van der Waals surface area contributed by atoms with Gasteiger partial charge in [0.15, 0.2) is 5.69 Å². The molecule has 3 aromatic rings. The van der Waals surface area contributed by atoms with Crippen LogP contribution in [0.3, 0.4) is 0 Å². The maximum Gasteiger partial charge on any atom is 0.325 e. The van der Waals surface area contributed by atoms with Gasteiger partial charge < -0.3 is 0 Å². The Balaban J connectivity index is 1.60. The number of aromatic nitrogens is 2. The fourth-order valence-electron chi connectivity index (χ4n) is 4.64. The summed E-state index contributed by atoms with van der Waals surface area (Å²) in [6, 6.07) is 13.0. The van der Waals surface area contributed by atoms with Crippen LogP contribution in [0, 0.1) is 6.92 Å². The number of para-hydroxylation sites is 1. The van der Waals surface area contributed by atoms with Gasteiger partial charge in [-0.3, -0.25) is 4.98 Å². The van der Waals surface area contributed by atoms with Crippen LogP contribution in [0.5, 0.6) is 0 Å². The maximum atomic E-state index is 5.09. The van der Waals surface area contributed by atoms with Crippen LogP contribution in [0.1, 0.15) is 55.6 Å². The highest BCUT2D eigenvalue weighted by atomic mass is 15.5. The molecule has 4 heteroatoms. The van der Waals surface area contributed by atoms with Gasteiger partial charge in [0.05, 0.1) is 18.1 Å². The van der Waals surface area contributed by atoms with Crippen LogP contribution in [0.4, 0.5) is 17.3 Å². The summed E-state index contributed by atoms with van der Waals surface area (Å²) in [7, 11) is 2.10. The number of imidazole rings is 1. The number of aryl methyl sites for hydroxylation is 1. The molecular formula is C23H26N4+. The third-order valence-electron chi connectivity index (χ3n) is 6.23. The van der Waals surface area contributed by atoms with Gasteiger partial charge in [-0.25, -0.2) is 0 Å². The number of nitrogens with one attached hydrogen (secondary N) is 1.